The minimum atomic E-state index is 0.433. The van der Waals surface area contributed by atoms with E-state index in [2.05, 4.69) is 71.5 Å². The van der Waals surface area contributed by atoms with E-state index >= 15 is 0 Å². The first-order chi connectivity index (χ1) is 9.72. The third-order valence-corrected chi connectivity index (χ3v) is 4.75. The van der Waals surface area contributed by atoms with Crippen molar-refractivity contribution in [1.29, 1.82) is 0 Å². The molecule has 0 aliphatic carbocycles. The fourth-order valence-electron chi connectivity index (χ4n) is 2.12. The normalized spacial score (nSPS) is 12.3. The van der Waals surface area contributed by atoms with Crippen molar-refractivity contribution in [3.05, 3.63) is 50.6 Å². The molecular formula is C16H20BrNOS. The highest BCUT2D eigenvalue weighted by Crippen LogP contribution is 2.24. The van der Waals surface area contributed by atoms with Gasteiger partial charge in [0.25, 0.3) is 0 Å². The molecule has 0 bridgehead atoms. The molecule has 108 valence electrons. The average molecular weight is 354 g/mol. The Kier molecular flexibility index (Phi) is 6.07. The van der Waals surface area contributed by atoms with Gasteiger partial charge in [0.05, 0.1) is 3.79 Å². The number of halogens is 1. The molecule has 1 aromatic heterocycles. The third kappa shape index (κ3) is 4.33. The summed E-state index contributed by atoms with van der Waals surface area (Å²) in [4.78, 5) is 1.22. The molecule has 0 amide bonds. The van der Waals surface area contributed by atoms with Gasteiger partial charge in [0.1, 0.15) is 12.4 Å². The zero-order valence-corrected chi connectivity index (χ0v) is 14.3. The number of thiophene rings is 1. The van der Waals surface area contributed by atoms with Crippen LogP contribution in [0.4, 0.5) is 0 Å². The van der Waals surface area contributed by atoms with Crippen molar-refractivity contribution in [2.24, 2.45) is 0 Å². The van der Waals surface area contributed by atoms with E-state index in [1.807, 2.05) is 0 Å². The summed E-state index contributed by atoms with van der Waals surface area (Å²) < 4.78 is 6.94. The van der Waals surface area contributed by atoms with E-state index in [-0.39, 0.29) is 0 Å². The zero-order valence-electron chi connectivity index (χ0n) is 11.9. The Labute approximate surface area is 133 Å². The largest absolute Gasteiger partial charge is 0.488 e. The minimum absolute atomic E-state index is 0.433. The van der Waals surface area contributed by atoms with E-state index in [0.717, 1.165) is 22.5 Å². The Morgan fingerprint density at radius 1 is 1.15 bits per heavy atom. The SMILES string of the molecule is CCNC(CC)c1ccc(OCc2ccc(Br)s2)cc1. The van der Waals surface area contributed by atoms with Crippen LogP contribution in [0.1, 0.15) is 36.8 Å². The molecule has 0 fully saturated rings. The predicted octanol–water partition coefficient (Wildman–Crippen LogP) is 5.15. The summed E-state index contributed by atoms with van der Waals surface area (Å²) in [6.07, 6.45) is 1.09. The number of nitrogens with one attached hydrogen (secondary N) is 1. The molecule has 1 atom stereocenters. The average Bonchev–Trinajstić information content (AvgIpc) is 2.89. The Balaban J connectivity index is 1.94. The van der Waals surface area contributed by atoms with Gasteiger partial charge in [-0.05, 0) is 58.7 Å². The summed E-state index contributed by atoms with van der Waals surface area (Å²) in [6.45, 7) is 5.95. The van der Waals surface area contributed by atoms with Crippen LogP contribution in [-0.4, -0.2) is 6.54 Å². The van der Waals surface area contributed by atoms with E-state index in [0.29, 0.717) is 12.6 Å². The Morgan fingerprint density at radius 2 is 1.90 bits per heavy atom. The Bertz CT molecular complexity index is 524. The fraction of sp³-hybridized carbons (Fsp3) is 0.375. The van der Waals surface area contributed by atoms with Crippen molar-refractivity contribution in [1.82, 2.24) is 5.32 Å². The molecule has 1 unspecified atom stereocenters. The lowest BCUT2D eigenvalue weighted by Gasteiger charge is -2.16. The van der Waals surface area contributed by atoms with Gasteiger partial charge >= 0.3 is 0 Å². The van der Waals surface area contributed by atoms with Gasteiger partial charge in [0.15, 0.2) is 0 Å². The van der Waals surface area contributed by atoms with Crippen LogP contribution in [0.2, 0.25) is 0 Å². The molecule has 2 nitrogen and oxygen atoms in total. The molecule has 0 saturated carbocycles. The highest BCUT2D eigenvalue weighted by molar-refractivity contribution is 9.11. The zero-order chi connectivity index (χ0) is 14.4. The molecule has 4 heteroatoms. The fourth-order valence-corrected chi connectivity index (χ4v) is 3.52. The van der Waals surface area contributed by atoms with Crippen LogP contribution in [0.3, 0.4) is 0 Å². The summed E-state index contributed by atoms with van der Waals surface area (Å²) in [5.41, 5.74) is 1.32. The van der Waals surface area contributed by atoms with E-state index in [1.54, 1.807) is 11.3 Å². The van der Waals surface area contributed by atoms with Crippen LogP contribution >= 0.6 is 27.3 Å². The second-order valence-corrected chi connectivity index (χ2v) is 7.13. The van der Waals surface area contributed by atoms with Crippen molar-refractivity contribution in [3.63, 3.8) is 0 Å². The summed E-state index contributed by atoms with van der Waals surface area (Å²) >= 11 is 5.17. The number of hydrogen-bond donors (Lipinski definition) is 1. The predicted molar refractivity (Wildman–Crippen MR) is 89.5 cm³/mol. The van der Waals surface area contributed by atoms with Gasteiger partial charge in [-0.2, -0.15) is 0 Å². The van der Waals surface area contributed by atoms with Crippen LogP contribution in [0.5, 0.6) is 5.75 Å². The second kappa shape index (κ2) is 7.81. The maximum atomic E-state index is 5.80. The molecule has 0 saturated heterocycles. The van der Waals surface area contributed by atoms with Crippen LogP contribution in [0.15, 0.2) is 40.2 Å². The van der Waals surface area contributed by atoms with Gasteiger partial charge < -0.3 is 10.1 Å². The van der Waals surface area contributed by atoms with Gasteiger partial charge in [-0.25, -0.2) is 0 Å². The van der Waals surface area contributed by atoms with Gasteiger partial charge in [0.2, 0.25) is 0 Å². The Hall–Kier alpha value is -0.840. The first kappa shape index (κ1) is 15.5. The summed E-state index contributed by atoms with van der Waals surface area (Å²) in [5, 5.41) is 3.48. The first-order valence-electron chi connectivity index (χ1n) is 6.93. The number of hydrogen-bond acceptors (Lipinski definition) is 3. The number of ether oxygens (including phenoxy) is 1. The third-order valence-electron chi connectivity index (χ3n) is 3.15. The van der Waals surface area contributed by atoms with Crippen LogP contribution in [0.25, 0.3) is 0 Å². The smallest absolute Gasteiger partial charge is 0.122 e. The molecule has 2 aromatic rings. The first-order valence-corrected chi connectivity index (χ1v) is 8.54. The lowest BCUT2D eigenvalue weighted by atomic mass is 10.0. The molecule has 1 N–H and O–H groups in total. The minimum Gasteiger partial charge on any atom is -0.488 e. The lowest BCUT2D eigenvalue weighted by Crippen LogP contribution is -2.19. The van der Waals surface area contributed by atoms with Crippen molar-refractivity contribution in [2.75, 3.05) is 6.54 Å². The molecule has 1 aromatic carbocycles. The van der Waals surface area contributed by atoms with Crippen LogP contribution in [-0.2, 0) is 6.61 Å². The molecule has 20 heavy (non-hydrogen) atoms. The summed E-state index contributed by atoms with van der Waals surface area (Å²) in [7, 11) is 0. The van der Waals surface area contributed by atoms with Gasteiger partial charge in [-0.15, -0.1) is 11.3 Å². The van der Waals surface area contributed by atoms with Crippen molar-refractivity contribution >= 4 is 27.3 Å². The monoisotopic (exact) mass is 353 g/mol. The Morgan fingerprint density at radius 3 is 2.45 bits per heavy atom. The van der Waals surface area contributed by atoms with Crippen LogP contribution in [0, 0.1) is 0 Å². The molecule has 1 heterocycles. The van der Waals surface area contributed by atoms with Crippen molar-refractivity contribution in [2.45, 2.75) is 32.9 Å². The van der Waals surface area contributed by atoms with Crippen LogP contribution < -0.4 is 10.1 Å². The highest BCUT2D eigenvalue weighted by Gasteiger charge is 2.07. The van der Waals surface area contributed by atoms with Gasteiger partial charge in [-0.1, -0.05) is 26.0 Å². The molecule has 0 spiro atoms. The summed E-state index contributed by atoms with van der Waals surface area (Å²) in [6, 6.07) is 13.0. The van der Waals surface area contributed by atoms with Gasteiger partial charge in [0, 0.05) is 10.9 Å². The van der Waals surface area contributed by atoms with Crippen molar-refractivity contribution < 1.29 is 4.74 Å². The molecular weight excluding hydrogens is 334 g/mol. The number of rotatable bonds is 7. The quantitative estimate of drug-likeness (QED) is 0.742. The lowest BCUT2D eigenvalue weighted by molar-refractivity contribution is 0.309. The maximum absolute atomic E-state index is 5.80. The number of benzene rings is 1. The molecule has 0 radical (unpaired) electrons. The van der Waals surface area contributed by atoms with E-state index in [1.165, 1.54) is 10.4 Å². The summed E-state index contributed by atoms with van der Waals surface area (Å²) in [5.74, 6) is 0.921. The van der Waals surface area contributed by atoms with E-state index in [9.17, 15) is 0 Å². The molecule has 0 aliphatic heterocycles. The van der Waals surface area contributed by atoms with Gasteiger partial charge in [-0.3, -0.25) is 0 Å². The topological polar surface area (TPSA) is 21.3 Å². The molecule has 0 aliphatic rings. The van der Waals surface area contributed by atoms with Crippen molar-refractivity contribution in [3.8, 4) is 5.75 Å². The van der Waals surface area contributed by atoms with E-state index < -0.39 is 0 Å². The maximum Gasteiger partial charge on any atom is 0.122 e. The van der Waals surface area contributed by atoms with E-state index in [4.69, 9.17) is 4.74 Å². The highest BCUT2D eigenvalue weighted by atomic mass is 79.9. The standard InChI is InChI=1S/C16H20BrNOS/c1-3-15(18-4-2)12-5-7-13(8-6-12)19-11-14-9-10-16(17)20-14/h5-10,15,18H,3-4,11H2,1-2H3. The second-order valence-electron chi connectivity index (χ2n) is 4.58. The molecule has 2 rings (SSSR count).